The van der Waals surface area contributed by atoms with E-state index < -0.39 is 0 Å². The van der Waals surface area contributed by atoms with Crippen LogP contribution in [-0.2, 0) is 26.9 Å². The summed E-state index contributed by atoms with van der Waals surface area (Å²) in [5.74, 6) is -0.106. The van der Waals surface area contributed by atoms with Crippen LogP contribution < -0.4 is 0 Å². The molecule has 0 aliphatic rings. The Morgan fingerprint density at radius 3 is 1.60 bits per heavy atom. The molecule has 0 spiro atoms. The number of carbonyl (C=O) groups excluding carboxylic acids is 1. The van der Waals surface area contributed by atoms with E-state index in [2.05, 4.69) is 102 Å². The first-order valence-corrected chi connectivity index (χ1v) is 15.6. The number of rotatable bonds is 11. The van der Waals surface area contributed by atoms with Gasteiger partial charge in [-0.25, -0.2) is 0 Å². The molecular weight excluding hydrogens is 518 g/mol. The van der Waals surface area contributed by atoms with Gasteiger partial charge in [-0.05, 0) is 58.8 Å². The van der Waals surface area contributed by atoms with Crippen LogP contribution in [0.3, 0.4) is 0 Å². The summed E-state index contributed by atoms with van der Waals surface area (Å²) in [6.45, 7) is 18.6. The van der Waals surface area contributed by atoms with Gasteiger partial charge in [-0.15, -0.1) is 0 Å². The van der Waals surface area contributed by atoms with Crippen LogP contribution in [0.15, 0.2) is 60.7 Å². The zero-order valence-electron chi connectivity index (χ0n) is 27.0. The van der Waals surface area contributed by atoms with Crippen LogP contribution in [0.25, 0.3) is 33.3 Å². The van der Waals surface area contributed by atoms with E-state index in [4.69, 9.17) is 14.9 Å². The second-order valence-electron chi connectivity index (χ2n) is 13.7. The summed E-state index contributed by atoms with van der Waals surface area (Å²) in [7, 11) is 0. The predicted molar refractivity (Wildman–Crippen MR) is 175 cm³/mol. The van der Waals surface area contributed by atoms with Gasteiger partial charge < -0.3 is 4.74 Å². The summed E-state index contributed by atoms with van der Waals surface area (Å²) < 4.78 is 5.39. The molecule has 224 valence electrons. The van der Waals surface area contributed by atoms with Gasteiger partial charge in [0.2, 0.25) is 0 Å². The Balaban J connectivity index is 1.55. The average Bonchev–Trinajstić information content (AvgIpc) is 3.39. The maximum Gasteiger partial charge on any atom is 0.308 e. The van der Waals surface area contributed by atoms with Crippen molar-refractivity contribution in [3.8, 4) is 22.3 Å². The summed E-state index contributed by atoms with van der Waals surface area (Å²) in [6.07, 6.45) is 4.75. The minimum Gasteiger partial charge on any atom is -0.465 e. The first-order valence-electron chi connectivity index (χ1n) is 15.6. The average molecular weight is 568 g/mol. The van der Waals surface area contributed by atoms with Crippen LogP contribution in [0.4, 0.5) is 0 Å². The third-order valence-corrected chi connectivity index (χ3v) is 8.22. The molecule has 0 aliphatic heterocycles. The minimum atomic E-state index is -0.0855. The topological polar surface area (TPSA) is 57.0 Å². The van der Waals surface area contributed by atoms with Gasteiger partial charge in [-0.3, -0.25) is 4.79 Å². The van der Waals surface area contributed by atoms with Crippen molar-refractivity contribution in [1.82, 2.24) is 15.0 Å². The van der Waals surface area contributed by atoms with Gasteiger partial charge >= 0.3 is 5.97 Å². The molecule has 3 aromatic carbocycles. The van der Waals surface area contributed by atoms with Crippen molar-refractivity contribution in [1.29, 1.82) is 0 Å². The Bertz CT molecular complexity index is 1370. The maximum atomic E-state index is 11.9. The number of benzene rings is 3. The number of nitrogens with zero attached hydrogens (tertiary/aromatic N) is 3. The van der Waals surface area contributed by atoms with Crippen LogP contribution in [0.5, 0.6) is 0 Å². The van der Waals surface area contributed by atoms with E-state index >= 15 is 0 Å². The molecule has 0 bridgehead atoms. The molecule has 1 aromatic heterocycles. The molecule has 0 N–H and O–H groups in total. The van der Waals surface area contributed by atoms with Crippen molar-refractivity contribution in [3.63, 3.8) is 0 Å². The quantitative estimate of drug-likeness (QED) is 0.134. The van der Waals surface area contributed by atoms with Crippen molar-refractivity contribution < 1.29 is 9.53 Å². The summed E-state index contributed by atoms with van der Waals surface area (Å²) >= 11 is 0. The molecule has 5 heteroatoms. The number of hydrogen-bond donors (Lipinski definition) is 0. The normalized spacial score (nSPS) is 13.0. The first kappa shape index (κ1) is 31.5. The Kier molecular flexibility index (Phi) is 9.91. The number of esters is 1. The fourth-order valence-corrected chi connectivity index (χ4v) is 5.09. The van der Waals surface area contributed by atoms with E-state index in [0.717, 1.165) is 71.9 Å². The zero-order valence-corrected chi connectivity index (χ0v) is 27.0. The highest BCUT2D eigenvalue weighted by molar-refractivity contribution is 6.00. The van der Waals surface area contributed by atoms with Crippen molar-refractivity contribution in [3.05, 3.63) is 71.8 Å². The highest BCUT2D eigenvalue weighted by Gasteiger charge is 2.19. The molecule has 0 fully saturated rings. The van der Waals surface area contributed by atoms with Gasteiger partial charge in [-0.1, -0.05) is 122 Å². The smallest absolute Gasteiger partial charge is 0.308 e. The predicted octanol–water partition coefficient (Wildman–Crippen LogP) is 9.51. The van der Waals surface area contributed by atoms with E-state index in [0.29, 0.717) is 6.61 Å². The number of aromatic nitrogens is 3. The summed E-state index contributed by atoms with van der Waals surface area (Å²) in [4.78, 5) is 13.7. The molecule has 0 amide bonds. The summed E-state index contributed by atoms with van der Waals surface area (Å²) in [6, 6.07) is 22.1. The van der Waals surface area contributed by atoms with Crippen molar-refractivity contribution >= 4 is 17.0 Å². The van der Waals surface area contributed by atoms with Crippen molar-refractivity contribution in [2.24, 2.45) is 5.92 Å². The number of unbranched alkanes of at least 4 members (excludes halogenated alkanes) is 3. The highest BCUT2D eigenvalue weighted by atomic mass is 16.5. The standard InChI is InChI=1S/C37H49N3O2/c1-9-26(2)35(41)42-25-13-11-10-12-24-40-38-33-31(27-14-18-29(19-15-27)36(3,4)5)22-23-32(34(33)39-40)28-16-20-30(21-17-28)37(6,7)8/h14-23,26H,9-13,24-25H2,1-8H3. The molecule has 4 rings (SSSR count). The summed E-state index contributed by atoms with van der Waals surface area (Å²) in [5, 5.41) is 10.1. The lowest BCUT2D eigenvalue weighted by Crippen LogP contribution is -2.14. The largest absolute Gasteiger partial charge is 0.465 e. The van der Waals surface area contributed by atoms with Crippen LogP contribution in [0.2, 0.25) is 0 Å². The zero-order chi connectivity index (χ0) is 30.5. The second kappa shape index (κ2) is 13.2. The van der Waals surface area contributed by atoms with E-state index in [1.54, 1.807) is 0 Å². The lowest BCUT2D eigenvalue weighted by atomic mass is 9.85. The minimum absolute atomic E-state index is 0.0207. The molecule has 1 atom stereocenters. The van der Waals surface area contributed by atoms with Gasteiger partial charge in [0.15, 0.2) is 0 Å². The monoisotopic (exact) mass is 567 g/mol. The molecule has 0 aliphatic carbocycles. The van der Waals surface area contributed by atoms with Crippen LogP contribution >= 0.6 is 0 Å². The third kappa shape index (κ3) is 7.67. The molecule has 1 unspecified atom stereocenters. The Labute approximate surface area is 252 Å². The Morgan fingerprint density at radius 1 is 0.714 bits per heavy atom. The fourth-order valence-electron chi connectivity index (χ4n) is 5.09. The first-order chi connectivity index (χ1) is 19.9. The van der Waals surface area contributed by atoms with Gasteiger partial charge in [0.05, 0.1) is 19.1 Å². The SMILES string of the molecule is CCC(C)C(=O)OCCCCCCn1nc2c(-c3ccc(C(C)(C)C)cc3)ccc(-c3ccc(C(C)(C)C)cc3)c2n1. The molecule has 5 nitrogen and oxygen atoms in total. The van der Waals surface area contributed by atoms with Crippen LogP contribution in [-0.4, -0.2) is 27.6 Å². The molecule has 4 aromatic rings. The molecule has 42 heavy (non-hydrogen) atoms. The van der Waals surface area contributed by atoms with E-state index in [1.807, 2.05) is 18.6 Å². The van der Waals surface area contributed by atoms with E-state index in [9.17, 15) is 4.79 Å². The van der Waals surface area contributed by atoms with Crippen LogP contribution in [0, 0.1) is 5.92 Å². The van der Waals surface area contributed by atoms with Crippen LogP contribution in [0.1, 0.15) is 98.6 Å². The Hall–Kier alpha value is -3.47. The number of aryl methyl sites for hydroxylation is 1. The molecule has 0 radical (unpaired) electrons. The molecule has 0 saturated heterocycles. The van der Waals surface area contributed by atoms with Gasteiger partial charge in [0.25, 0.3) is 0 Å². The van der Waals surface area contributed by atoms with Crippen molar-refractivity contribution in [2.75, 3.05) is 6.61 Å². The highest BCUT2D eigenvalue weighted by Crippen LogP contribution is 2.35. The third-order valence-electron chi connectivity index (χ3n) is 8.22. The fraction of sp³-hybridized carbons (Fsp3) is 0.486. The molecule has 1 heterocycles. The maximum absolute atomic E-state index is 11.9. The number of ether oxygens (including phenoxy) is 1. The molecule has 0 saturated carbocycles. The lowest BCUT2D eigenvalue weighted by molar-refractivity contribution is -0.148. The Morgan fingerprint density at radius 2 is 1.17 bits per heavy atom. The number of carbonyl (C=O) groups is 1. The molecular formula is C37H49N3O2. The number of fused-ring (bicyclic) bond motifs is 1. The van der Waals surface area contributed by atoms with E-state index in [1.165, 1.54) is 11.1 Å². The lowest BCUT2D eigenvalue weighted by Gasteiger charge is -2.19. The number of hydrogen-bond acceptors (Lipinski definition) is 4. The van der Waals surface area contributed by atoms with E-state index in [-0.39, 0.29) is 22.7 Å². The van der Waals surface area contributed by atoms with Gasteiger partial charge in [0.1, 0.15) is 11.0 Å². The summed E-state index contributed by atoms with van der Waals surface area (Å²) in [5.41, 5.74) is 9.24. The second-order valence-corrected chi connectivity index (χ2v) is 13.7. The van der Waals surface area contributed by atoms with Crippen molar-refractivity contribution in [2.45, 2.75) is 105 Å². The van der Waals surface area contributed by atoms with Gasteiger partial charge in [0, 0.05) is 11.1 Å². The van der Waals surface area contributed by atoms with Gasteiger partial charge in [-0.2, -0.15) is 15.0 Å².